The van der Waals surface area contributed by atoms with E-state index < -0.39 is 17.5 Å². The van der Waals surface area contributed by atoms with Gasteiger partial charge in [0.15, 0.2) is 17.0 Å². The lowest BCUT2D eigenvalue weighted by Crippen LogP contribution is -2.55. The molecule has 3 heterocycles. The summed E-state index contributed by atoms with van der Waals surface area (Å²) in [6, 6.07) is 14.8. The molecule has 1 N–H and O–H groups in total. The first-order valence-electron chi connectivity index (χ1n) is 12.5. The molecule has 3 aromatic carbocycles. The molecular formula is C28H24BrCl2N3O5. The van der Waals surface area contributed by atoms with Crippen LogP contribution in [0.3, 0.4) is 0 Å². The Bertz CT molecular complexity index is 1500. The maximum Gasteiger partial charge on any atom is 0.256 e. The van der Waals surface area contributed by atoms with Gasteiger partial charge in [-0.3, -0.25) is 19.8 Å². The Balaban J connectivity index is 1.41. The number of benzene rings is 3. The van der Waals surface area contributed by atoms with Gasteiger partial charge in [-0.15, -0.1) is 0 Å². The number of methoxy groups -OCH3 is 1. The topological polar surface area (TPSA) is 93.9 Å². The van der Waals surface area contributed by atoms with Crippen LogP contribution in [-0.2, 0) is 16.9 Å². The van der Waals surface area contributed by atoms with E-state index in [1.54, 1.807) is 24.3 Å². The molecule has 0 aliphatic carbocycles. The molecule has 39 heavy (non-hydrogen) atoms. The monoisotopic (exact) mass is 631 g/mol. The van der Waals surface area contributed by atoms with Gasteiger partial charge in [-0.25, -0.2) is 0 Å². The highest BCUT2D eigenvalue weighted by molar-refractivity contribution is 9.10. The summed E-state index contributed by atoms with van der Waals surface area (Å²) in [5.74, 6) is 0.00867. The van der Waals surface area contributed by atoms with Gasteiger partial charge >= 0.3 is 0 Å². The summed E-state index contributed by atoms with van der Waals surface area (Å²) in [4.78, 5) is 28.3. The SMILES string of the molecule is COc1cc([C@@H]2[C@@H]3CCCN3[C@@]3(C(=O)Nc4ccccc43)[C@@H]2[N+](=O)[O-])cc(Br)c1OCc1ccc(Cl)c(Cl)c1. The fraction of sp³-hybridized carbons (Fsp3) is 0.321. The molecule has 3 aliphatic heterocycles. The number of nitro groups is 1. The van der Waals surface area contributed by atoms with Crippen LogP contribution in [0.25, 0.3) is 0 Å². The molecular weight excluding hydrogens is 609 g/mol. The van der Waals surface area contributed by atoms with Crippen molar-refractivity contribution in [2.75, 3.05) is 19.0 Å². The van der Waals surface area contributed by atoms with Crippen LogP contribution in [0.1, 0.15) is 35.4 Å². The van der Waals surface area contributed by atoms with Crippen molar-refractivity contribution in [3.63, 3.8) is 0 Å². The second-order valence-corrected chi connectivity index (χ2v) is 11.7. The molecule has 3 aromatic rings. The minimum absolute atomic E-state index is 0.183. The number of hydrogen-bond acceptors (Lipinski definition) is 6. The van der Waals surface area contributed by atoms with Crippen molar-refractivity contribution in [1.82, 2.24) is 4.90 Å². The molecule has 202 valence electrons. The number of para-hydroxylation sites is 1. The molecule has 4 atom stereocenters. The minimum atomic E-state index is -1.38. The van der Waals surface area contributed by atoms with E-state index in [2.05, 4.69) is 26.1 Å². The lowest BCUT2D eigenvalue weighted by molar-refractivity contribution is -0.534. The number of rotatable bonds is 6. The van der Waals surface area contributed by atoms with E-state index in [0.717, 1.165) is 18.4 Å². The lowest BCUT2D eigenvalue weighted by atomic mass is 9.77. The first-order valence-corrected chi connectivity index (χ1v) is 14.1. The van der Waals surface area contributed by atoms with Gasteiger partial charge < -0.3 is 14.8 Å². The van der Waals surface area contributed by atoms with Crippen LogP contribution in [0, 0.1) is 10.1 Å². The third-order valence-electron chi connectivity index (χ3n) is 8.10. The van der Waals surface area contributed by atoms with E-state index in [0.29, 0.717) is 49.4 Å². The van der Waals surface area contributed by atoms with Crippen molar-refractivity contribution in [1.29, 1.82) is 0 Å². The van der Waals surface area contributed by atoms with Crippen molar-refractivity contribution < 1.29 is 19.2 Å². The van der Waals surface area contributed by atoms with Crippen LogP contribution in [0.2, 0.25) is 10.0 Å². The van der Waals surface area contributed by atoms with Gasteiger partial charge in [0.05, 0.1) is 27.5 Å². The van der Waals surface area contributed by atoms with Crippen molar-refractivity contribution in [3.05, 3.63) is 95.9 Å². The Kier molecular flexibility index (Phi) is 6.74. The molecule has 0 aromatic heterocycles. The average molecular weight is 633 g/mol. The predicted molar refractivity (Wildman–Crippen MR) is 151 cm³/mol. The number of halogens is 3. The fourth-order valence-electron chi connectivity index (χ4n) is 6.63. The van der Waals surface area contributed by atoms with Crippen LogP contribution in [0.5, 0.6) is 11.5 Å². The highest BCUT2D eigenvalue weighted by atomic mass is 79.9. The smallest absolute Gasteiger partial charge is 0.256 e. The average Bonchev–Trinajstić information content (AvgIpc) is 3.58. The molecule has 11 heteroatoms. The number of ether oxygens (including phenoxy) is 2. The standard InChI is InChI=1S/C28H24BrCl2N3O5/c1-38-23-13-16(12-18(29)25(23)39-14-15-8-9-19(30)20(31)11-15)24-22-7-4-10-33(22)28(26(24)34(36)37)17-5-2-3-6-21(17)32-27(28)35/h2-3,5-6,8-9,11-13,22,24,26H,4,7,10,14H2,1H3,(H,32,35)/t22-,24+,26+,28+/m0/s1. The number of nitrogens with zero attached hydrogens (tertiary/aromatic N) is 2. The molecule has 0 bridgehead atoms. The van der Waals surface area contributed by atoms with Gasteiger partial charge in [0.25, 0.3) is 11.9 Å². The third kappa shape index (κ3) is 4.01. The van der Waals surface area contributed by atoms with Gasteiger partial charge in [-0.2, -0.15) is 0 Å². The highest BCUT2D eigenvalue weighted by Gasteiger charge is 2.73. The largest absolute Gasteiger partial charge is 0.493 e. The number of carbonyl (C=O) groups excluding carboxylic acids is 1. The summed E-state index contributed by atoms with van der Waals surface area (Å²) in [6.07, 6.45) is 1.60. The van der Waals surface area contributed by atoms with Gasteiger partial charge in [0.2, 0.25) is 0 Å². The summed E-state index contributed by atoms with van der Waals surface area (Å²) in [5.41, 5.74) is 1.45. The summed E-state index contributed by atoms with van der Waals surface area (Å²) < 4.78 is 12.4. The van der Waals surface area contributed by atoms with E-state index in [9.17, 15) is 14.9 Å². The highest BCUT2D eigenvalue weighted by Crippen LogP contribution is 2.58. The van der Waals surface area contributed by atoms with Gasteiger partial charge in [0, 0.05) is 28.8 Å². The summed E-state index contributed by atoms with van der Waals surface area (Å²) in [5, 5.41) is 16.7. The molecule has 6 rings (SSSR count). The lowest BCUT2D eigenvalue weighted by Gasteiger charge is -2.32. The van der Waals surface area contributed by atoms with E-state index in [1.165, 1.54) is 7.11 Å². The maximum atomic E-state index is 13.7. The molecule has 1 amide bonds. The molecule has 2 saturated heterocycles. The Morgan fingerprint density at radius 3 is 2.72 bits per heavy atom. The Hall–Kier alpha value is -2.85. The van der Waals surface area contributed by atoms with Crippen LogP contribution in [-0.4, -0.2) is 41.5 Å². The summed E-state index contributed by atoms with van der Waals surface area (Å²) in [7, 11) is 1.53. The number of anilines is 1. The van der Waals surface area contributed by atoms with Crippen molar-refractivity contribution in [3.8, 4) is 11.5 Å². The van der Waals surface area contributed by atoms with E-state index in [4.69, 9.17) is 32.7 Å². The van der Waals surface area contributed by atoms with E-state index >= 15 is 0 Å². The zero-order chi connectivity index (χ0) is 27.5. The number of carbonyl (C=O) groups is 1. The number of amides is 1. The fourth-order valence-corrected chi connectivity index (χ4v) is 7.53. The minimum Gasteiger partial charge on any atom is -0.493 e. The van der Waals surface area contributed by atoms with Crippen LogP contribution in [0.15, 0.2) is 59.1 Å². The number of hydrogen-bond donors (Lipinski definition) is 1. The van der Waals surface area contributed by atoms with Gasteiger partial charge in [-0.1, -0.05) is 47.5 Å². The summed E-state index contributed by atoms with van der Waals surface area (Å²) >= 11 is 15.8. The maximum absolute atomic E-state index is 13.7. The predicted octanol–water partition coefficient (Wildman–Crippen LogP) is 6.40. The second kappa shape index (κ2) is 9.96. The normalized spacial score (nSPS) is 25.4. The zero-order valence-corrected chi connectivity index (χ0v) is 23.9. The van der Waals surface area contributed by atoms with Crippen LogP contribution in [0.4, 0.5) is 5.69 Å². The summed E-state index contributed by atoms with van der Waals surface area (Å²) in [6.45, 7) is 0.818. The van der Waals surface area contributed by atoms with Gasteiger partial charge in [-0.05, 0) is 70.2 Å². The molecule has 2 fully saturated rings. The van der Waals surface area contributed by atoms with Crippen molar-refractivity contribution in [2.45, 2.75) is 43.0 Å². The quantitative estimate of drug-likeness (QED) is 0.250. The molecule has 0 saturated carbocycles. The number of fused-ring (bicyclic) bond motifs is 4. The third-order valence-corrected chi connectivity index (χ3v) is 9.43. The van der Waals surface area contributed by atoms with Gasteiger partial charge in [0.1, 0.15) is 6.61 Å². The zero-order valence-electron chi connectivity index (χ0n) is 20.8. The Morgan fingerprint density at radius 2 is 1.97 bits per heavy atom. The molecule has 8 nitrogen and oxygen atoms in total. The van der Waals surface area contributed by atoms with Crippen LogP contribution >= 0.6 is 39.1 Å². The van der Waals surface area contributed by atoms with E-state index in [1.807, 2.05) is 30.3 Å². The van der Waals surface area contributed by atoms with E-state index in [-0.39, 0.29) is 23.5 Å². The molecule has 3 aliphatic rings. The van der Waals surface area contributed by atoms with Crippen molar-refractivity contribution in [2.24, 2.45) is 0 Å². The Labute approximate surface area is 243 Å². The molecule has 0 unspecified atom stereocenters. The number of nitrogens with one attached hydrogen (secondary N) is 1. The van der Waals surface area contributed by atoms with Crippen LogP contribution < -0.4 is 14.8 Å². The second-order valence-electron chi connectivity index (χ2n) is 10.00. The first-order chi connectivity index (χ1) is 18.8. The Morgan fingerprint density at radius 1 is 1.18 bits per heavy atom. The molecule has 0 radical (unpaired) electrons. The van der Waals surface area contributed by atoms with Crippen molar-refractivity contribution >= 4 is 50.7 Å². The first kappa shape index (κ1) is 26.4. The molecule has 1 spiro atoms.